The van der Waals surface area contributed by atoms with Crippen molar-refractivity contribution in [3.63, 3.8) is 0 Å². The molecule has 0 spiro atoms. The molecule has 96 valence electrons. The fourth-order valence-corrected chi connectivity index (χ4v) is 1.73. The largest absolute Gasteiger partial charge is 1.00 e. The summed E-state index contributed by atoms with van der Waals surface area (Å²) in [6, 6.07) is 0. The molecular weight excluding hydrogens is 229 g/mol. The van der Waals surface area contributed by atoms with Crippen LogP contribution in [0.2, 0.25) is 0 Å². The van der Waals surface area contributed by atoms with Gasteiger partial charge in [0.15, 0.2) is 0 Å². The summed E-state index contributed by atoms with van der Waals surface area (Å²) in [6.07, 6.45) is 12.3. The quantitative estimate of drug-likeness (QED) is 0.227. The molecule has 0 aromatic carbocycles. The van der Waals surface area contributed by atoms with Crippen LogP contribution in [0.15, 0.2) is 0 Å². The zero-order valence-electron chi connectivity index (χ0n) is 11.5. The Hall–Kier alpha value is 0.200. The minimum atomic E-state index is -0.715. The second kappa shape index (κ2) is 16.2. The van der Waals surface area contributed by atoms with Gasteiger partial charge in [-0.25, -0.2) is 0 Å². The van der Waals surface area contributed by atoms with Crippen molar-refractivity contribution in [2.24, 2.45) is 0 Å². The first kappa shape index (κ1) is 19.5. The van der Waals surface area contributed by atoms with Gasteiger partial charge in [0.2, 0.25) is 0 Å². The molecule has 0 aliphatic rings. The first-order chi connectivity index (χ1) is 7.77. The van der Waals surface area contributed by atoms with Crippen LogP contribution in [-0.4, -0.2) is 11.7 Å². The van der Waals surface area contributed by atoms with E-state index >= 15 is 0 Å². The third kappa shape index (κ3) is 18.7. The summed E-state index contributed by atoms with van der Waals surface area (Å²) in [6.45, 7) is 2.48. The molecule has 17 heavy (non-hydrogen) atoms. The predicted octanol–water partition coefficient (Wildman–Crippen LogP) is 1.12. The molecule has 0 atom stereocenters. The summed E-state index contributed by atoms with van der Waals surface area (Å²) in [5, 5.41) is 9.13. The first-order valence-corrected chi connectivity index (χ1v) is 6.54. The van der Waals surface area contributed by atoms with Gasteiger partial charge in [0.05, 0.1) is 6.61 Å². The second-order valence-corrected chi connectivity index (χ2v) is 4.24. The van der Waals surface area contributed by atoms with Crippen molar-refractivity contribution in [1.82, 2.24) is 0 Å². The molecular formula is C12H25NNaO3+. The number of hydrogen-bond donors (Lipinski definition) is 0. The van der Waals surface area contributed by atoms with Gasteiger partial charge in [0, 0.05) is 0 Å². The number of unbranched alkanes of at least 4 members (excludes halogenated alkanes) is 9. The predicted molar refractivity (Wildman–Crippen MR) is 64.8 cm³/mol. The zero-order chi connectivity index (χ0) is 12.1. The molecule has 0 amide bonds. The van der Waals surface area contributed by atoms with E-state index in [1.165, 1.54) is 51.4 Å². The van der Waals surface area contributed by atoms with Crippen LogP contribution in [0.1, 0.15) is 71.1 Å². The molecule has 0 fully saturated rings. The first-order valence-electron chi connectivity index (χ1n) is 6.54. The molecule has 5 heteroatoms. The van der Waals surface area contributed by atoms with E-state index in [0.717, 1.165) is 12.8 Å². The molecule has 0 radical (unpaired) electrons. The van der Waals surface area contributed by atoms with E-state index in [1.807, 2.05) is 0 Å². The van der Waals surface area contributed by atoms with Crippen molar-refractivity contribution in [2.45, 2.75) is 71.1 Å². The van der Waals surface area contributed by atoms with Gasteiger partial charge in [-0.15, -0.1) is 10.1 Å². The second-order valence-electron chi connectivity index (χ2n) is 4.24. The molecule has 0 heterocycles. The number of rotatable bonds is 12. The Morgan fingerprint density at radius 1 is 0.882 bits per heavy atom. The van der Waals surface area contributed by atoms with Gasteiger partial charge in [0.25, 0.3) is 5.09 Å². The Labute approximate surface area is 127 Å². The van der Waals surface area contributed by atoms with Crippen molar-refractivity contribution in [3.8, 4) is 0 Å². The maximum Gasteiger partial charge on any atom is 1.00 e. The van der Waals surface area contributed by atoms with Gasteiger partial charge in [0.1, 0.15) is 0 Å². The number of nitrogens with zero attached hydrogens (tertiary/aromatic N) is 1. The van der Waals surface area contributed by atoms with Crippen LogP contribution in [0.3, 0.4) is 0 Å². The van der Waals surface area contributed by atoms with Crippen LogP contribution in [-0.2, 0) is 4.84 Å². The Kier molecular flexibility index (Phi) is 18.6. The Bertz CT molecular complexity index is 168. The third-order valence-electron chi connectivity index (χ3n) is 2.69. The van der Waals surface area contributed by atoms with Gasteiger partial charge >= 0.3 is 29.6 Å². The van der Waals surface area contributed by atoms with E-state index in [4.69, 9.17) is 0 Å². The van der Waals surface area contributed by atoms with E-state index in [0.29, 0.717) is 0 Å². The standard InChI is InChI=1S/C12H25NO3.Na/c1-2-3-4-5-6-7-8-9-10-11-12-16-13(14)15;/h2-12H2,1H3;/q;+1. The van der Waals surface area contributed by atoms with Gasteiger partial charge < -0.3 is 4.84 Å². The fourth-order valence-electron chi connectivity index (χ4n) is 1.73. The van der Waals surface area contributed by atoms with E-state index in [1.54, 1.807) is 0 Å². The van der Waals surface area contributed by atoms with Gasteiger partial charge in [-0.3, -0.25) is 0 Å². The molecule has 0 aliphatic carbocycles. The van der Waals surface area contributed by atoms with Crippen LogP contribution < -0.4 is 29.6 Å². The van der Waals surface area contributed by atoms with Crippen LogP contribution in [0, 0.1) is 10.1 Å². The summed E-state index contributed by atoms with van der Waals surface area (Å²) >= 11 is 0. The molecule has 0 aromatic heterocycles. The SMILES string of the molecule is CCCCCCCCCCCCO[N+](=O)[O-].[Na+]. The van der Waals surface area contributed by atoms with Crippen LogP contribution in [0.25, 0.3) is 0 Å². The van der Waals surface area contributed by atoms with Crippen molar-refractivity contribution < 1.29 is 39.5 Å². The van der Waals surface area contributed by atoms with Crippen LogP contribution in [0.4, 0.5) is 0 Å². The van der Waals surface area contributed by atoms with Crippen LogP contribution >= 0.6 is 0 Å². The van der Waals surface area contributed by atoms with E-state index in [9.17, 15) is 10.1 Å². The van der Waals surface area contributed by atoms with Crippen LogP contribution in [0.5, 0.6) is 0 Å². The minimum absolute atomic E-state index is 0. The maximum atomic E-state index is 9.84. The molecule has 0 N–H and O–H groups in total. The summed E-state index contributed by atoms with van der Waals surface area (Å²) in [7, 11) is 0. The average Bonchev–Trinajstić information content (AvgIpc) is 2.25. The van der Waals surface area contributed by atoms with Gasteiger partial charge in [-0.05, 0) is 6.42 Å². The Morgan fingerprint density at radius 3 is 1.71 bits per heavy atom. The normalized spacial score (nSPS) is 9.71. The Morgan fingerprint density at radius 2 is 1.29 bits per heavy atom. The Balaban J connectivity index is 0. The summed E-state index contributed by atoms with van der Waals surface area (Å²) in [5.74, 6) is 0. The molecule has 0 aromatic rings. The zero-order valence-corrected chi connectivity index (χ0v) is 13.5. The van der Waals surface area contributed by atoms with E-state index in [-0.39, 0.29) is 36.2 Å². The summed E-state index contributed by atoms with van der Waals surface area (Å²) in [5.41, 5.74) is 0. The van der Waals surface area contributed by atoms with E-state index in [2.05, 4.69) is 11.8 Å². The fraction of sp³-hybridized carbons (Fsp3) is 1.00. The van der Waals surface area contributed by atoms with Crippen molar-refractivity contribution in [1.29, 1.82) is 0 Å². The number of hydrogen-bond acceptors (Lipinski definition) is 3. The van der Waals surface area contributed by atoms with Gasteiger partial charge in [-0.2, -0.15) is 0 Å². The summed E-state index contributed by atoms with van der Waals surface area (Å²) < 4.78 is 0. The van der Waals surface area contributed by atoms with Crippen molar-refractivity contribution in [3.05, 3.63) is 10.1 Å². The topological polar surface area (TPSA) is 52.4 Å². The third-order valence-corrected chi connectivity index (χ3v) is 2.69. The molecule has 0 saturated carbocycles. The molecule has 0 saturated heterocycles. The molecule has 0 rings (SSSR count). The molecule has 4 nitrogen and oxygen atoms in total. The van der Waals surface area contributed by atoms with Gasteiger partial charge in [-0.1, -0.05) is 64.7 Å². The van der Waals surface area contributed by atoms with Crippen molar-refractivity contribution in [2.75, 3.05) is 6.61 Å². The smallest absolute Gasteiger partial charge is 0.314 e. The maximum absolute atomic E-state index is 9.84. The van der Waals surface area contributed by atoms with E-state index < -0.39 is 5.09 Å². The molecule has 0 bridgehead atoms. The molecule has 0 aliphatic heterocycles. The monoisotopic (exact) mass is 254 g/mol. The average molecular weight is 254 g/mol. The molecule has 0 unspecified atom stereocenters. The van der Waals surface area contributed by atoms with Crippen molar-refractivity contribution >= 4 is 0 Å². The minimum Gasteiger partial charge on any atom is -0.314 e. The summed E-state index contributed by atoms with van der Waals surface area (Å²) in [4.78, 5) is 14.1.